The summed E-state index contributed by atoms with van der Waals surface area (Å²) < 4.78 is 28.7. The molecule has 0 bridgehead atoms. The Labute approximate surface area is 247 Å². The third-order valence-corrected chi connectivity index (χ3v) is 12.3. The van der Waals surface area contributed by atoms with Crippen LogP contribution in [0.4, 0.5) is 0 Å². The molecule has 4 saturated carbocycles. The first-order valence-electron chi connectivity index (χ1n) is 15.6. The Kier molecular flexibility index (Phi) is 7.54. The van der Waals surface area contributed by atoms with Gasteiger partial charge in [-0.2, -0.15) is 5.26 Å². The number of esters is 2. The molecule has 4 aliphatic carbocycles. The van der Waals surface area contributed by atoms with E-state index in [1.807, 2.05) is 6.92 Å². The van der Waals surface area contributed by atoms with E-state index < -0.39 is 46.5 Å². The van der Waals surface area contributed by atoms with Crippen LogP contribution in [0.25, 0.3) is 0 Å². The minimum Gasteiger partial charge on any atom is -0.458 e. The second kappa shape index (κ2) is 10.6. The summed E-state index contributed by atoms with van der Waals surface area (Å²) in [4.78, 5) is 23.4. The highest BCUT2D eigenvalue weighted by Crippen LogP contribution is 2.70. The van der Waals surface area contributed by atoms with Crippen LogP contribution in [-0.2, 0) is 33.3 Å². The zero-order valence-electron chi connectivity index (χ0n) is 25.2. The molecule has 0 radical (unpaired) electrons. The van der Waals surface area contributed by atoms with E-state index in [4.69, 9.17) is 23.7 Å². The van der Waals surface area contributed by atoms with Gasteiger partial charge < -0.3 is 33.9 Å². The second-order valence-electron chi connectivity index (χ2n) is 14.0. The lowest BCUT2D eigenvalue weighted by Crippen LogP contribution is -2.68. The molecule has 10 heteroatoms. The average molecular weight is 588 g/mol. The SMILES string of the molecule is CO[C@@H]1C[C@H](O[C@H]2CC[C@]3(C#N)[C@H]4CC[C@]5(C)[C@@H](C6=CC(=O)OC6)CC[C@]5(O)[C@@H]4CC[C@]3(O)C2)O[C@@H](C)[C@H]1OC(C)=O. The van der Waals surface area contributed by atoms with E-state index in [-0.39, 0.29) is 35.9 Å². The molecule has 6 rings (SSSR count). The highest BCUT2D eigenvalue weighted by atomic mass is 16.7. The molecular formula is C32H45NO9. The summed E-state index contributed by atoms with van der Waals surface area (Å²) in [5, 5.41) is 35.4. The number of fused-ring (bicyclic) bond motifs is 5. The van der Waals surface area contributed by atoms with Gasteiger partial charge in [-0.3, -0.25) is 4.79 Å². The van der Waals surface area contributed by atoms with Crippen molar-refractivity contribution < 1.29 is 43.5 Å². The Morgan fingerprint density at radius 1 is 1.12 bits per heavy atom. The predicted octanol–water partition coefficient (Wildman–Crippen LogP) is 3.33. The van der Waals surface area contributed by atoms with Crippen molar-refractivity contribution in [1.29, 1.82) is 5.26 Å². The maximum absolute atomic E-state index is 12.4. The van der Waals surface area contributed by atoms with Crippen molar-refractivity contribution in [2.75, 3.05) is 13.7 Å². The lowest BCUT2D eigenvalue weighted by molar-refractivity contribution is -0.288. The number of methoxy groups -OCH3 is 1. The minimum absolute atomic E-state index is 0.0761. The predicted molar refractivity (Wildman–Crippen MR) is 147 cm³/mol. The number of nitrogens with zero attached hydrogens (tertiary/aromatic N) is 1. The van der Waals surface area contributed by atoms with Crippen molar-refractivity contribution in [2.24, 2.45) is 28.6 Å². The fourth-order valence-corrected chi connectivity index (χ4v) is 10.3. The van der Waals surface area contributed by atoms with Gasteiger partial charge in [0.15, 0.2) is 12.4 Å². The fraction of sp³-hybridized carbons (Fsp3) is 0.844. The van der Waals surface area contributed by atoms with Gasteiger partial charge in [0, 0.05) is 38.4 Å². The summed E-state index contributed by atoms with van der Waals surface area (Å²) in [6.45, 7) is 5.64. The molecule has 0 amide bonds. The second-order valence-corrected chi connectivity index (χ2v) is 14.0. The van der Waals surface area contributed by atoms with Gasteiger partial charge in [-0.05, 0) is 81.6 Å². The van der Waals surface area contributed by atoms with Gasteiger partial charge in [0.1, 0.15) is 12.7 Å². The first-order chi connectivity index (χ1) is 19.9. The Bertz CT molecular complexity index is 1180. The summed E-state index contributed by atoms with van der Waals surface area (Å²) in [7, 11) is 1.58. The fourth-order valence-electron chi connectivity index (χ4n) is 10.3. The third-order valence-electron chi connectivity index (χ3n) is 12.3. The van der Waals surface area contributed by atoms with Crippen LogP contribution in [-0.4, -0.2) is 77.8 Å². The Balaban J connectivity index is 1.18. The first-order valence-corrected chi connectivity index (χ1v) is 15.6. The molecule has 2 heterocycles. The molecule has 10 nitrogen and oxygen atoms in total. The van der Waals surface area contributed by atoms with Crippen LogP contribution in [0.1, 0.15) is 85.0 Å². The number of cyclic esters (lactones) is 1. The zero-order valence-corrected chi connectivity index (χ0v) is 25.2. The first kappa shape index (κ1) is 30.0. The summed E-state index contributed by atoms with van der Waals surface area (Å²) in [5.41, 5.74) is -2.59. The quantitative estimate of drug-likeness (QED) is 0.363. The van der Waals surface area contributed by atoms with E-state index >= 15 is 0 Å². The maximum atomic E-state index is 12.4. The van der Waals surface area contributed by atoms with Crippen LogP contribution >= 0.6 is 0 Å². The molecule has 0 spiro atoms. The topological polar surface area (TPSA) is 145 Å². The molecule has 42 heavy (non-hydrogen) atoms. The molecule has 0 aromatic rings. The lowest BCUT2D eigenvalue weighted by atomic mass is 9.41. The molecule has 0 unspecified atom stereocenters. The highest BCUT2D eigenvalue weighted by molar-refractivity contribution is 5.85. The third kappa shape index (κ3) is 4.37. The van der Waals surface area contributed by atoms with Crippen LogP contribution in [0, 0.1) is 39.9 Å². The molecule has 2 N–H and O–H groups in total. The molecule has 1 saturated heterocycles. The van der Waals surface area contributed by atoms with E-state index in [2.05, 4.69) is 13.0 Å². The molecule has 6 aliphatic rings. The van der Waals surface area contributed by atoms with E-state index in [0.717, 1.165) is 24.8 Å². The standard InChI is InChI=1S/C32H45NO9/c1-18-28(41-19(2)34)25(38-4)14-27(40-18)42-21-5-10-30(17-33)23-6-9-29(3)22(20-13-26(35)39-16-20)8-12-32(29,37)24(23)7-11-31(30,36)15-21/h13,18,21-25,27-28,36-37H,5-12,14-16H2,1-4H3/t18-,21-,22+,23-,24+,25+,27-,28+,29+,30-,31-,32-/m0/s1. The van der Waals surface area contributed by atoms with Gasteiger partial charge >= 0.3 is 11.9 Å². The molecule has 12 atom stereocenters. The number of carbonyl (C=O) groups excluding carboxylic acids is 2. The van der Waals surface area contributed by atoms with Crippen LogP contribution in [0.3, 0.4) is 0 Å². The van der Waals surface area contributed by atoms with Gasteiger partial charge in [-0.15, -0.1) is 0 Å². The van der Waals surface area contributed by atoms with Crippen molar-refractivity contribution in [1.82, 2.24) is 0 Å². The van der Waals surface area contributed by atoms with Gasteiger partial charge in [0.2, 0.25) is 0 Å². The maximum Gasteiger partial charge on any atom is 0.331 e. The average Bonchev–Trinajstić information content (AvgIpc) is 3.48. The van der Waals surface area contributed by atoms with Crippen molar-refractivity contribution in [3.8, 4) is 6.07 Å². The van der Waals surface area contributed by atoms with Gasteiger partial charge in [0.05, 0.1) is 34.9 Å². The summed E-state index contributed by atoms with van der Waals surface area (Å²) in [6.07, 6.45) is 5.16. The molecule has 0 aromatic carbocycles. The Morgan fingerprint density at radius 2 is 1.88 bits per heavy atom. The summed E-state index contributed by atoms with van der Waals surface area (Å²) in [6, 6.07) is 2.62. The Morgan fingerprint density at radius 3 is 2.55 bits per heavy atom. The molecular weight excluding hydrogens is 542 g/mol. The van der Waals surface area contributed by atoms with E-state index in [1.165, 1.54) is 6.92 Å². The lowest BCUT2D eigenvalue weighted by Gasteiger charge is -2.64. The van der Waals surface area contributed by atoms with Crippen LogP contribution in [0.2, 0.25) is 0 Å². The van der Waals surface area contributed by atoms with Crippen molar-refractivity contribution in [3.63, 3.8) is 0 Å². The van der Waals surface area contributed by atoms with E-state index in [1.54, 1.807) is 13.2 Å². The molecule has 5 fully saturated rings. The highest BCUT2D eigenvalue weighted by Gasteiger charge is 2.72. The largest absolute Gasteiger partial charge is 0.458 e. The van der Waals surface area contributed by atoms with Crippen LogP contribution in [0.5, 0.6) is 0 Å². The summed E-state index contributed by atoms with van der Waals surface area (Å²) >= 11 is 0. The zero-order chi connectivity index (χ0) is 30.1. The van der Waals surface area contributed by atoms with Gasteiger partial charge in [-0.25, -0.2) is 4.79 Å². The summed E-state index contributed by atoms with van der Waals surface area (Å²) in [5.74, 6) is -0.844. The Hall–Kier alpha value is -2.03. The van der Waals surface area contributed by atoms with Gasteiger partial charge in [0.25, 0.3) is 0 Å². The van der Waals surface area contributed by atoms with Crippen LogP contribution < -0.4 is 0 Å². The normalized spacial score (nSPS) is 50.0. The molecule has 0 aromatic heterocycles. The van der Waals surface area contributed by atoms with Gasteiger partial charge in [-0.1, -0.05) is 6.92 Å². The molecule has 232 valence electrons. The minimum atomic E-state index is -1.23. The number of aliphatic hydroxyl groups is 2. The smallest absolute Gasteiger partial charge is 0.331 e. The van der Waals surface area contributed by atoms with Crippen LogP contribution in [0.15, 0.2) is 11.6 Å². The van der Waals surface area contributed by atoms with E-state index in [0.29, 0.717) is 51.6 Å². The van der Waals surface area contributed by atoms with Crippen molar-refractivity contribution in [2.45, 2.75) is 127 Å². The number of hydrogen-bond donors (Lipinski definition) is 2. The van der Waals surface area contributed by atoms with Crippen molar-refractivity contribution in [3.05, 3.63) is 11.6 Å². The number of nitriles is 1. The number of ether oxygens (including phenoxy) is 5. The monoisotopic (exact) mass is 587 g/mol. The number of rotatable bonds is 5. The van der Waals surface area contributed by atoms with Crippen molar-refractivity contribution >= 4 is 11.9 Å². The number of hydrogen-bond acceptors (Lipinski definition) is 10. The molecule has 2 aliphatic heterocycles. The van der Waals surface area contributed by atoms with E-state index in [9.17, 15) is 25.1 Å². The number of carbonyl (C=O) groups is 2.